The minimum atomic E-state index is -0.972. The van der Waals surface area contributed by atoms with Gasteiger partial charge in [0.2, 0.25) is 0 Å². The average molecular weight is 694 g/mol. The largest absolute Gasteiger partial charge is 0.459 e. The molecule has 4 aromatic carbocycles. The van der Waals surface area contributed by atoms with Gasteiger partial charge in [0.1, 0.15) is 36.6 Å². The maximum absolute atomic E-state index is 14.1. The van der Waals surface area contributed by atoms with Crippen LogP contribution in [0.15, 0.2) is 121 Å². The molecule has 268 valence electrons. The third-order valence-corrected chi connectivity index (χ3v) is 8.93. The molecule has 2 fully saturated rings. The van der Waals surface area contributed by atoms with Gasteiger partial charge in [0.05, 0.1) is 38.6 Å². The molecule has 0 N–H and O–H groups in total. The first-order valence-corrected chi connectivity index (χ1v) is 17.6. The summed E-state index contributed by atoms with van der Waals surface area (Å²) in [5.74, 6) is -0.539. The fourth-order valence-corrected chi connectivity index (χ4v) is 6.60. The fraction of sp³-hybridized carbons (Fsp3) is 0.381. The van der Waals surface area contributed by atoms with Gasteiger partial charge in [-0.15, -0.1) is 0 Å². The van der Waals surface area contributed by atoms with E-state index in [2.05, 4.69) is 0 Å². The fourth-order valence-electron chi connectivity index (χ4n) is 6.60. The third-order valence-electron chi connectivity index (χ3n) is 8.93. The molecular formula is C42H47NO8. The second-order valence-electron chi connectivity index (χ2n) is 14.0. The molecule has 0 saturated carbocycles. The molecule has 0 aliphatic carbocycles. The minimum absolute atomic E-state index is 0.0707. The summed E-state index contributed by atoms with van der Waals surface area (Å²) < 4.78 is 38.3. The zero-order chi connectivity index (χ0) is 35.6. The van der Waals surface area contributed by atoms with Crippen molar-refractivity contribution in [2.45, 2.75) is 95.7 Å². The summed E-state index contributed by atoms with van der Waals surface area (Å²) in [6.07, 6.45) is -2.99. The maximum atomic E-state index is 14.1. The van der Waals surface area contributed by atoms with Crippen LogP contribution in [-0.4, -0.2) is 65.7 Å². The lowest BCUT2D eigenvalue weighted by Crippen LogP contribution is -2.64. The highest BCUT2D eigenvalue weighted by Crippen LogP contribution is 2.40. The number of likely N-dealkylation sites (tertiary alicyclic amines) is 1. The summed E-state index contributed by atoms with van der Waals surface area (Å²) in [4.78, 5) is 29.5. The van der Waals surface area contributed by atoms with Crippen molar-refractivity contribution in [2.75, 3.05) is 6.61 Å². The molecule has 51 heavy (non-hydrogen) atoms. The molecule has 2 aliphatic heterocycles. The number of carbonyl (C=O) groups is 2. The lowest BCUT2D eigenvalue weighted by Gasteiger charge is -2.46. The van der Waals surface area contributed by atoms with Gasteiger partial charge in [-0.1, -0.05) is 121 Å². The number of amides is 1. The Bertz CT molecular complexity index is 1670. The molecular weight excluding hydrogens is 646 g/mol. The van der Waals surface area contributed by atoms with E-state index in [9.17, 15) is 9.59 Å². The first-order chi connectivity index (χ1) is 24.7. The van der Waals surface area contributed by atoms with E-state index in [1.54, 1.807) is 20.8 Å². The SMILES string of the molecule is CC(C)(C)OC(=O)N1[C@@H]2[C@@H](OCc3ccccc3)[C@H](OCc3ccccc3)[C@@H](COCc3ccccc3)O[C@@H]2C[C@H]1C(=O)OCc1ccccc1. The van der Waals surface area contributed by atoms with Crippen LogP contribution in [0.5, 0.6) is 0 Å². The van der Waals surface area contributed by atoms with Crippen molar-refractivity contribution in [1.82, 2.24) is 4.90 Å². The number of fused-ring (bicyclic) bond motifs is 1. The van der Waals surface area contributed by atoms with Crippen LogP contribution in [0, 0.1) is 0 Å². The van der Waals surface area contributed by atoms with Crippen LogP contribution >= 0.6 is 0 Å². The van der Waals surface area contributed by atoms with Crippen LogP contribution in [0.1, 0.15) is 49.4 Å². The van der Waals surface area contributed by atoms with Gasteiger partial charge in [-0.25, -0.2) is 9.59 Å². The first-order valence-electron chi connectivity index (χ1n) is 17.6. The standard InChI is InChI=1S/C42H47NO8/c1-42(2,3)51-41(45)43-34(40(44)49-28-33-22-14-7-15-23-33)24-35-37(43)39(48-27-32-20-12-6-13-21-32)38(47-26-31-18-10-5-11-19-31)36(50-35)29-46-25-30-16-8-4-9-17-30/h4-23,34-39H,24-29H2,1-3H3/t34-,35+,36+,37-,38+,39+/m0/s1. The van der Waals surface area contributed by atoms with Crippen LogP contribution < -0.4 is 0 Å². The smallest absolute Gasteiger partial charge is 0.411 e. The Morgan fingerprint density at radius 2 is 1.14 bits per heavy atom. The summed E-state index contributed by atoms with van der Waals surface area (Å²) >= 11 is 0. The van der Waals surface area contributed by atoms with Crippen LogP contribution in [0.4, 0.5) is 4.79 Å². The molecule has 0 spiro atoms. The van der Waals surface area contributed by atoms with Crippen LogP contribution in [-0.2, 0) is 59.6 Å². The molecule has 6 atom stereocenters. The second kappa shape index (κ2) is 17.1. The summed E-state index contributed by atoms with van der Waals surface area (Å²) in [6.45, 7) is 6.59. The van der Waals surface area contributed by atoms with Crippen molar-refractivity contribution in [3.8, 4) is 0 Å². The molecule has 0 bridgehead atoms. The molecule has 2 saturated heterocycles. The maximum Gasteiger partial charge on any atom is 0.411 e. The summed E-state index contributed by atoms with van der Waals surface area (Å²) in [5.41, 5.74) is 2.99. The highest BCUT2D eigenvalue weighted by Gasteiger charge is 2.59. The Balaban J connectivity index is 1.33. The predicted octanol–water partition coefficient (Wildman–Crippen LogP) is 7.26. The average Bonchev–Trinajstić information content (AvgIpc) is 3.53. The van der Waals surface area contributed by atoms with Gasteiger partial charge in [-0.3, -0.25) is 4.90 Å². The van der Waals surface area contributed by atoms with Gasteiger partial charge in [-0.05, 0) is 43.0 Å². The van der Waals surface area contributed by atoms with Crippen molar-refractivity contribution in [2.24, 2.45) is 0 Å². The summed E-state index contributed by atoms with van der Waals surface area (Å²) in [5, 5.41) is 0. The van der Waals surface area contributed by atoms with E-state index in [4.69, 9.17) is 28.4 Å². The van der Waals surface area contributed by atoms with Crippen molar-refractivity contribution in [1.29, 1.82) is 0 Å². The van der Waals surface area contributed by atoms with Crippen molar-refractivity contribution < 1.29 is 38.0 Å². The molecule has 0 radical (unpaired) electrons. The molecule has 4 aromatic rings. The molecule has 9 heteroatoms. The number of nitrogens with zero attached hydrogens (tertiary/aromatic N) is 1. The molecule has 0 unspecified atom stereocenters. The van der Waals surface area contributed by atoms with Gasteiger partial charge in [0.15, 0.2) is 0 Å². The van der Waals surface area contributed by atoms with E-state index >= 15 is 0 Å². The molecule has 2 heterocycles. The molecule has 6 rings (SSSR count). The number of benzene rings is 4. The second-order valence-corrected chi connectivity index (χ2v) is 14.0. The van der Waals surface area contributed by atoms with E-state index < -0.39 is 54.2 Å². The Hall–Kier alpha value is -4.54. The topological polar surface area (TPSA) is 92.8 Å². The van der Waals surface area contributed by atoms with E-state index in [1.165, 1.54) is 4.90 Å². The molecule has 9 nitrogen and oxygen atoms in total. The van der Waals surface area contributed by atoms with E-state index in [1.807, 2.05) is 121 Å². The van der Waals surface area contributed by atoms with Crippen LogP contribution in [0.25, 0.3) is 0 Å². The molecule has 2 aliphatic rings. The number of rotatable bonds is 13. The van der Waals surface area contributed by atoms with Gasteiger partial charge >= 0.3 is 12.1 Å². The number of hydrogen-bond donors (Lipinski definition) is 0. The van der Waals surface area contributed by atoms with Gasteiger partial charge in [0, 0.05) is 6.42 Å². The van der Waals surface area contributed by atoms with Gasteiger partial charge in [0.25, 0.3) is 0 Å². The number of carbonyl (C=O) groups excluding carboxylic acids is 2. The van der Waals surface area contributed by atoms with E-state index in [0.717, 1.165) is 22.3 Å². The van der Waals surface area contributed by atoms with Gasteiger partial charge < -0.3 is 28.4 Å². The Kier molecular flexibility index (Phi) is 12.2. The molecule has 0 aromatic heterocycles. The quantitative estimate of drug-likeness (QED) is 0.135. The number of esters is 1. The van der Waals surface area contributed by atoms with Crippen molar-refractivity contribution in [3.63, 3.8) is 0 Å². The van der Waals surface area contributed by atoms with Crippen LogP contribution in [0.3, 0.4) is 0 Å². The number of hydrogen-bond acceptors (Lipinski definition) is 8. The lowest BCUT2D eigenvalue weighted by atomic mass is 9.92. The number of ether oxygens (including phenoxy) is 6. The lowest BCUT2D eigenvalue weighted by molar-refractivity contribution is -0.234. The summed E-state index contributed by atoms with van der Waals surface area (Å²) in [6, 6.07) is 37.4. The Morgan fingerprint density at radius 1 is 0.667 bits per heavy atom. The predicted molar refractivity (Wildman–Crippen MR) is 191 cm³/mol. The Labute approximate surface area is 300 Å². The zero-order valence-corrected chi connectivity index (χ0v) is 29.5. The highest BCUT2D eigenvalue weighted by molar-refractivity contribution is 5.83. The van der Waals surface area contributed by atoms with Gasteiger partial charge in [-0.2, -0.15) is 0 Å². The van der Waals surface area contributed by atoms with E-state index in [-0.39, 0.29) is 32.8 Å². The minimum Gasteiger partial charge on any atom is -0.459 e. The highest BCUT2D eigenvalue weighted by atomic mass is 16.6. The first kappa shape index (κ1) is 36.3. The monoisotopic (exact) mass is 693 g/mol. The Morgan fingerprint density at radius 3 is 1.65 bits per heavy atom. The van der Waals surface area contributed by atoms with Crippen molar-refractivity contribution >= 4 is 12.1 Å². The third kappa shape index (κ3) is 9.83. The van der Waals surface area contributed by atoms with E-state index in [0.29, 0.717) is 6.61 Å². The zero-order valence-electron chi connectivity index (χ0n) is 29.5. The van der Waals surface area contributed by atoms with Crippen LogP contribution in [0.2, 0.25) is 0 Å². The molecule has 1 amide bonds. The van der Waals surface area contributed by atoms with Crippen molar-refractivity contribution in [3.05, 3.63) is 144 Å². The summed E-state index contributed by atoms with van der Waals surface area (Å²) in [7, 11) is 0. The normalized spacial score (nSPS) is 23.0.